The Morgan fingerprint density at radius 2 is 1.95 bits per heavy atom. The lowest BCUT2D eigenvalue weighted by Crippen LogP contribution is -1.93. The molecule has 0 unspecified atom stereocenters. The minimum atomic E-state index is 0.215. The van der Waals surface area contributed by atoms with Crippen LogP contribution in [0.3, 0.4) is 0 Å². The zero-order valence-electron chi connectivity index (χ0n) is 9.97. The van der Waals surface area contributed by atoms with Crippen molar-refractivity contribution in [2.45, 2.75) is 6.61 Å². The van der Waals surface area contributed by atoms with Crippen LogP contribution < -0.4 is 4.74 Å². The first-order valence-corrected chi connectivity index (χ1v) is 6.19. The van der Waals surface area contributed by atoms with Crippen LogP contribution in [0, 0.1) is 0 Å². The molecular weight excluding hydrogens is 264 g/mol. The average molecular weight is 275 g/mol. The molecule has 0 amide bonds. The van der Waals surface area contributed by atoms with Crippen molar-refractivity contribution in [2.24, 2.45) is 0 Å². The Labute approximate surface area is 115 Å². The molecule has 0 saturated heterocycles. The van der Waals surface area contributed by atoms with Gasteiger partial charge in [-0.25, -0.2) is 0 Å². The fourth-order valence-corrected chi connectivity index (χ4v) is 2.06. The van der Waals surface area contributed by atoms with E-state index in [1.54, 1.807) is 30.3 Å². The molecule has 0 bridgehead atoms. The predicted molar refractivity (Wildman–Crippen MR) is 73.7 cm³/mol. The van der Waals surface area contributed by atoms with Gasteiger partial charge in [-0.1, -0.05) is 23.7 Å². The summed E-state index contributed by atoms with van der Waals surface area (Å²) in [4.78, 5) is 0. The third-order valence-corrected chi connectivity index (χ3v) is 3.07. The third kappa shape index (κ3) is 2.51. The van der Waals surface area contributed by atoms with Crippen LogP contribution in [0.5, 0.6) is 11.5 Å². The van der Waals surface area contributed by atoms with Crippen molar-refractivity contribution < 1.29 is 14.3 Å². The molecule has 3 aromatic rings. The first kappa shape index (κ1) is 11.9. The standard InChI is InChI=1S/C15H11ClO3/c16-13-3-1-2-4-15(13)18-9-12-8-10-7-11(17)5-6-14(10)19-12/h1-8,17H,9H2. The van der Waals surface area contributed by atoms with E-state index in [2.05, 4.69) is 0 Å². The smallest absolute Gasteiger partial charge is 0.146 e. The van der Waals surface area contributed by atoms with Crippen molar-refractivity contribution in [2.75, 3.05) is 0 Å². The fourth-order valence-electron chi connectivity index (χ4n) is 1.87. The molecule has 3 nitrogen and oxygen atoms in total. The largest absolute Gasteiger partial charge is 0.508 e. The molecule has 1 aromatic heterocycles. The van der Waals surface area contributed by atoms with E-state index >= 15 is 0 Å². The lowest BCUT2D eigenvalue weighted by atomic mass is 10.2. The van der Waals surface area contributed by atoms with E-state index in [1.807, 2.05) is 18.2 Å². The van der Waals surface area contributed by atoms with Crippen LogP contribution in [-0.2, 0) is 6.61 Å². The Morgan fingerprint density at radius 1 is 1.11 bits per heavy atom. The van der Waals surface area contributed by atoms with Crippen molar-refractivity contribution in [3.63, 3.8) is 0 Å². The zero-order valence-corrected chi connectivity index (χ0v) is 10.7. The van der Waals surface area contributed by atoms with Gasteiger partial charge in [-0.15, -0.1) is 0 Å². The molecule has 0 aliphatic carbocycles. The van der Waals surface area contributed by atoms with Crippen LogP contribution in [-0.4, -0.2) is 5.11 Å². The highest BCUT2D eigenvalue weighted by atomic mass is 35.5. The molecule has 0 spiro atoms. The number of hydrogen-bond acceptors (Lipinski definition) is 3. The number of halogens is 1. The number of rotatable bonds is 3. The van der Waals surface area contributed by atoms with E-state index in [-0.39, 0.29) is 5.75 Å². The Hall–Kier alpha value is -2.13. The van der Waals surface area contributed by atoms with E-state index in [9.17, 15) is 5.11 Å². The monoisotopic (exact) mass is 274 g/mol. The van der Waals surface area contributed by atoms with Gasteiger partial charge in [0.2, 0.25) is 0 Å². The van der Waals surface area contributed by atoms with Crippen molar-refractivity contribution in [3.8, 4) is 11.5 Å². The molecule has 0 radical (unpaired) electrons. The van der Waals surface area contributed by atoms with Gasteiger partial charge in [0.1, 0.15) is 29.4 Å². The molecule has 0 aliphatic rings. The Kier molecular flexibility index (Phi) is 3.05. The van der Waals surface area contributed by atoms with Gasteiger partial charge >= 0.3 is 0 Å². The first-order chi connectivity index (χ1) is 9.22. The van der Waals surface area contributed by atoms with Gasteiger partial charge in [0.15, 0.2) is 0 Å². The first-order valence-electron chi connectivity index (χ1n) is 5.81. The van der Waals surface area contributed by atoms with Gasteiger partial charge in [-0.3, -0.25) is 0 Å². The summed E-state index contributed by atoms with van der Waals surface area (Å²) < 4.78 is 11.2. The van der Waals surface area contributed by atoms with E-state index in [0.29, 0.717) is 23.1 Å². The molecule has 96 valence electrons. The van der Waals surface area contributed by atoms with Gasteiger partial charge in [-0.2, -0.15) is 0 Å². The number of benzene rings is 2. The molecule has 19 heavy (non-hydrogen) atoms. The molecule has 1 heterocycles. The summed E-state index contributed by atoms with van der Waals surface area (Å²) in [5.74, 6) is 1.51. The summed E-state index contributed by atoms with van der Waals surface area (Å²) in [6.07, 6.45) is 0. The van der Waals surface area contributed by atoms with E-state index in [4.69, 9.17) is 20.8 Å². The van der Waals surface area contributed by atoms with Gasteiger partial charge in [0.25, 0.3) is 0 Å². The van der Waals surface area contributed by atoms with Crippen LogP contribution in [0.2, 0.25) is 5.02 Å². The minimum Gasteiger partial charge on any atom is -0.508 e. The Balaban J connectivity index is 1.80. The topological polar surface area (TPSA) is 42.6 Å². The van der Waals surface area contributed by atoms with Crippen molar-refractivity contribution in [1.82, 2.24) is 0 Å². The number of phenolic OH excluding ortho intramolecular Hbond substituents is 1. The molecule has 0 aliphatic heterocycles. The van der Waals surface area contributed by atoms with Crippen molar-refractivity contribution in [1.29, 1.82) is 0 Å². The van der Waals surface area contributed by atoms with Gasteiger partial charge in [0, 0.05) is 5.39 Å². The summed E-state index contributed by atoms with van der Waals surface area (Å²) in [5, 5.41) is 10.8. The fraction of sp³-hybridized carbons (Fsp3) is 0.0667. The quantitative estimate of drug-likeness (QED) is 0.771. The van der Waals surface area contributed by atoms with Crippen LogP contribution in [0.25, 0.3) is 11.0 Å². The van der Waals surface area contributed by atoms with Crippen molar-refractivity contribution >= 4 is 22.6 Å². The molecule has 2 aromatic carbocycles. The van der Waals surface area contributed by atoms with Gasteiger partial charge in [0.05, 0.1) is 5.02 Å². The molecule has 0 fully saturated rings. The SMILES string of the molecule is Oc1ccc2oc(COc3ccccc3Cl)cc2c1. The van der Waals surface area contributed by atoms with Gasteiger partial charge < -0.3 is 14.3 Å². The molecular formula is C15H11ClO3. The molecule has 3 rings (SSSR count). The predicted octanol–water partition coefficient (Wildman–Crippen LogP) is 4.37. The molecule has 0 atom stereocenters. The lowest BCUT2D eigenvalue weighted by molar-refractivity contribution is 0.274. The summed E-state index contributed by atoms with van der Waals surface area (Å²) in [7, 11) is 0. The second-order valence-corrected chi connectivity index (χ2v) is 4.56. The van der Waals surface area contributed by atoms with E-state index in [1.165, 1.54) is 0 Å². The number of fused-ring (bicyclic) bond motifs is 1. The average Bonchev–Trinajstić information content (AvgIpc) is 2.79. The van der Waals surface area contributed by atoms with Crippen LogP contribution in [0.1, 0.15) is 5.76 Å². The Morgan fingerprint density at radius 3 is 2.79 bits per heavy atom. The summed E-state index contributed by atoms with van der Waals surface area (Å²) >= 11 is 6.00. The van der Waals surface area contributed by atoms with Crippen LogP contribution in [0.4, 0.5) is 0 Å². The highest BCUT2D eigenvalue weighted by Gasteiger charge is 2.06. The van der Waals surface area contributed by atoms with Crippen LogP contribution in [0.15, 0.2) is 52.9 Å². The number of hydrogen-bond donors (Lipinski definition) is 1. The maximum atomic E-state index is 9.39. The number of para-hydroxylation sites is 1. The number of ether oxygens (including phenoxy) is 1. The minimum absolute atomic E-state index is 0.215. The van der Waals surface area contributed by atoms with Gasteiger partial charge in [-0.05, 0) is 36.4 Å². The lowest BCUT2D eigenvalue weighted by Gasteiger charge is -2.05. The second kappa shape index (κ2) is 4.86. The zero-order chi connectivity index (χ0) is 13.2. The second-order valence-electron chi connectivity index (χ2n) is 4.15. The third-order valence-electron chi connectivity index (χ3n) is 2.76. The van der Waals surface area contributed by atoms with E-state index < -0.39 is 0 Å². The van der Waals surface area contributed by atoms with Crippen LogP contribution >= 0.6 is 11.6 Å². The molecule has 4 heteroatoms. The number of aromatic hydroxyl groups is 1. The highest BCUT2D eigenvalue weighted by molar-refractivity contribution is 6.32. The number of phenols is 1. The van der Waals surface area contributed by atoms with Crippen molar-refractivity contribution in [3.05, 3.63) is 59.3 Å². The van der Waals surface area contributed by atoms with E-state index in [0.717, 1.165) is 11.0 Å². The summed E-state index contributed by atoms with van der Waals surface area (Å²) in [6, 6.07) is 14.1. The normalized spacial score (nSPS) is 10.8. The highest BCUT2D eigenvalue weighted by Crippen LogP contribution is 2.27. The Bertz CT molecular complexity index is 718. The number of furan rings is 1. The summed E-state index contributed by atoms with van der Waals surface area (Å²) in [6.45, 7) is 0.291. The maximum Gasteiger partial charge on any atom is 0.146 e. The molecule has 0 saturated carbocycles. The molecule has 1 N–H and O–H groups in total. The maximum absolute atomic E-state index is 9.39. The summed E-state index contributed by atoms with van der Waals surface area (Å²) in [5.41, 5.74) is 0.718.